The van der Waals surface area contributed by atoms with Gasteiger partial charge in [0.2, 0.25) is 5.91 Å². The smallest absolute Gasteiger partial charge is 0.234 e. The van der Waals surface area contributed by atoms with Crippen molar-refractivity contribution < 1.29 is 4.79 Å². The summed E-state index contributed by atoms with van der Waals surface area (Å²) in [4.78, 5) is 14.6. The zero-order valence-corrected chi connectivity index (χ0v) is 14.0. The number of likely N-dealkylation sites (tertiary alicyclic amines) is 1. The number of rotatable bonds is 5. The maximum absolute atomic E-state index is 12.3. The minimum atomic E-state index is 0.230. The van der Waals surface area contributed by atoms with Gasteiger partial charge in [0.15, 0.2) is 0 Å². The van der Waals surface area contributed by atoms with Crippen LogP contribution in [-0.2, 0) is 4.79 Å². The average Bonchev–Trinajstić information content (AvgIpc) is 2.46. The number of nitrogens with one attached hydrogen (secondary N) is 2. The standard InChI is InChI=1S/C17H33N3O/c1-13-5-4-6-16(14(13)2)19-17(21)12-20-9-7-15(8-10-20)11-18-3/h13-16,18H,4-12H2,1-3H3,(H,19,21). The van der Waals surface area contributed by atoms with E-state index >= 15 is 0 Å². The van der Waals surface area contributed by atoms with E-state index in [-0.39, 0.29) is 5.91 Å². The molecule has 21 heavy (non-hydrogen) atoms. The van der Waals surface area contributed by atoms with E-state index in [4.69, 9.17) is 0 Å². The molecule has 1 aliphatic carbocycles. The molecule has 2 rings (SSSR count). The molecule has 3 unspecified atom stereocenters. The number of nitrogens with zero attached hydrogens (tertiary/aromatic N) is 1. The molecule has 0 radical (unpaired) electrons. The first-order valence-electron chi connectivity index (χ1n) is 8.76. The SMILES string of the molecule is CNCC1CCN(CC(=O)NC2CCCC(C)C2C)CC1. The Labute approximate surface area is 130 Å². The molecule has 1 aliphatic heterocycles. The first-order valence-corrected chi connectivity index (χ1v) is 8.76. The largest absolute Gasteiger partial charge is 0.352 e. The molecule has 0 aromatic carbocycles. The van der Waals surface area contributed by atoms with Gasteiger partial charge in [-0.15, -0.1) is 0 Å². The summed E-state index contributed by atoms with van der Waals surface area (Å²) < 4.78 is 0. The Bertz CT molecular complexity index is 326. The van der Waals surface area contributed by atoms with E-state index in [0.29, 0.717) is 18.5 Å². The molecule has 0 bridgehead atoms. The molecule has 122 valence electrons. The van der Waals surface area contributed by atoms with Crippen molar-refractivity contribution in [3.05, 3.63) is 0 Å². The van der Waals surface area contributed by atoms with Crippen LogP contribution in [0.15, 0.2) is 0 Å². The van der Waals surface area contributed by atoms with Crippen molar-refractivity contribution in [3.63, 3.8) is 0 Å². The van der Waals surface area contributed by atoms with Crippen LogP contribution in [0.5, 0.6) is 0 Å². The Morgan fingerprint density at radius 2 is 1.86 bits per heavy atom. The molecule has 3 atom stereocenters. The van der Waals surface area contributed by atoms with Gasteiger partial charge in [0.25, 0.3) is 0 Å². The van der Waals surface area contributed by atoms with E-state index in [2.05, 4.69) is 29.4 Å². The molecule has 2 N–H and O–H groups in total. The molecule has 0 aromatic rings. The highest BCUT2D eigenvalue weighted by atomic mass is 16.2. The predicted octanol–water partition coefficient (Wildman–Crippen LogP) is 1.86. The van der Waals surface area contributed by atoms with Gasteiger partial charge in [-0.3, -0.25) is 9.69 Å². The van der Waals surface area contributed by atoms with E-state index in [0.717, 1.165) is 37.9 Å². The lowest BCUT2D eigenvalue weighted by molar-refractivity contribution is -0.124. The molecule has 0 spiro atoms. The summed E-state index contributed by atoms with van der Waals surface area (Å²) in [6, 6.07) is 0.392. The van der Waals surface area contributed by atoms with E-state index < -0.39 is 0 Å². The molecule has 2 aliphatic rings. The molecule has 1 saturated heterocycles. The van der Waals surface area contributed by atoms with E-state index in [9.17, 15) is 4.79 Å². The Morgan fingerprint density at radius 1 is 1.14 bits per heavy atom. The van der Waals surface area contributed by atoms with E-state index in [1.165, 1.54) is 25.7 Å². The van der Waals surface area contributed by atoms with Crippen molar-refractivity contribution in [2.24, 2.45) is 17.8 Å². The fraction of sp³-hybridized carbons (Fsp3) is 0.941. The lowest BCUT2D eigenvalue weighted by Crippen LogP contribution is -2.48. The normalized spacial score (nSPS) is 32.0. The summed E-state index contributed by atoms with van der Waals surface area (Å²) >= 11 is 0. The molecular weight excluding hydrogens is 262 g/mol. The third kappa shape index (κ3) is 4.96. The van der Waals surface area contributed by atoms with Gasteiger partial charge < -0.3 is 10.6 Å². The van der Waals surface area contributed by atoms with Crippen molar-refractivity contribution in [2.75, 3.05) is 33.2 Å². The van der Waals surface area contributed by atoms with Crippen LogP contribution in [0.1, 0.15) is 46.0 Å². The number of amides is 1. The minimum absolute atomic E-state index is 0.230. The van der Waals surface area contributed by atoms with E-state index in [1.807, 2.05) is 7.05 Å². The van der Waals surface area contributed by atoms with Crippen molar-refractivity contribution in [3.8, 4) is 0 Å². The first-order chi connectivity index (χ1) is 10.1. The van der Waals surface area contributed by atoms with E-state index in [1.54, 1.807) is 0 Å². The summed E-state index contributed by atoms with van der Waals surface area (Å²) in [5.41, 5.74) is 0. The van der Waals surface area contributed by atoms with Gasteiger partial charge >= 0.3 is 0 Å². The maximum atomic E-state index is 12.3. The Balaban J connectivity index is 1.70. The number of piperidine rings is 1. The van der Waals surface area contributed by atoms with Crippen LogP contribution >= 0.6 is 0 Å². The first kappa shape index (κ1) is 16.8. The van der Waals surface area contributed by atoms with Crippen molar-refractivity contribution in [1.82, 2.24) is 15.5 Å². The highest BCUT2D eigenvalue weighted by Gasteiger charge is 2.28. The third-order valence-corrected chi connectivity index (χ3v) is 5.62. The van der Waals surface area contributed by atoms with Crippen LogP contribution in [0.4, 0.5) is 0 Å². The van der Waals surface area contributed by atoms with Gasteiger partial charge in [-0.05, 0) is 63.7 Å². The monoisotopic (exact) mass is 295 g/mol. The minimum Gasteiger partial charge on any atom is -0.352 e. The van der Waals surface area contributed by atoms with Crippen LogP contribution in [0.3, 0.4) is 0 Å². The zero-order valence-electron chi connectivity index (χ0n) is 14.0. The van der Waals surface area contributed by atoms with Crippen molar-refractivity contribution >= 4 is 5.91 Å². The lowest BCUT2D eigenvalue weighted by Gasteiger charge is -2.36. The Hall–Kier alpha value is -0.610. The van der Waals surface area contributed by atoms with Gasteiger partial charge in [0.05, 0.1) is 6.54 Å². The number of hydrogen-bond donors (Lipinski definition) is 2. The van der Waals surface area contributed by atoms with Gasteiger partial charge in [-0.2, -0.15) is 0 Å². The van der Waals surface area contributed by atoms with Gasteiger partial charge in [0, 0.05) is 6.04 Å². The molecule has 1 saturated carbocycles. The van der Waals surface area contributed by atoms with Gasteiger partial charge in [-0.1, -0.05) is 26.7 Å². The maximum Gasteiger partial charge on any atom is 0.234 e. The molecule has 2 fully saturated rings. The Kier molecular flexibility index (Phi) is 6.49. The molecule has 1 heterocycles. The lowest BCUT2D eigenvalue weighted by atomic mass is 9.78. The second kappa shape index (κ2) is 8.14. The second-order valence-electron chi connectivity index (χ2n) is 7.22. The fourth-order valence-corrected chi connectivity index (χ4v) is 3.88. The van der Waals surface area contributed by atoms with Crippen LogP contribution in [0, 0.1) is 17.8 Å². The fourth-order valence-electron chi connectivity index (χ4n) is 3.88. The predicted molar refractivity (Wildman–Crippen MR) is 87.2 cm³/mol. The van der Waals surface area contributed by atoms with Crippen LogP contribution in [0.2, 0.25) is 0 Å². The van der Waals surface area contributed by atoms with Crippen LogP contribution in [0.25, 0.3) is 0 Å². The zero-order chi connectivity index (χ0) is 15.2. The number of carbonyl (C=O) groups excluding carboxylic acids is 1. The topological polar surface area (TPSA) is 44.4 Å². The molecular formula is C17H33N3O. The average molecular weight is 295 g/mol. The number of carbonyl (C=O) groups is 1. The van der Waals surface area contributed by atoms with Crippen molar-refractivity contribution in [1.29, 1.82) is 0 Å². The summed E-state index contributed by atoms with van der Waals surface area (Å²) in [6.07, 6.45) is 6.15. The van der Waals surface area contributed by atoms with Crippen LogP contribution in [-0.4, -0.2) is 50.1 Å². The highest BCUT2D eigenvalue weighted by molar-refractivity contribution is 5.78. The molecule has 4 heteroatoms. The van der Waals surface area contributed by atoms with Crippen LogP contribution < -0.4 is 10.6 Å². The summed E-state index contributed by atoms with van der Waals surface area (Å²) in [5, 5.41) is 6.55. The Morgan fingerprint density at radius 3 is 2.52 bits per heavy atom. The summed E-state index contributed by atoms with van der Waals surface area (Å²) in [5.74, 6) is 2.37. The number of hydrogen-bond acceptors (Lipinski definition) is 3. The third-order valence-electron chi connectivity index (χ3n) is 5.62. The second-order valence-corrected chi connectivity index (χ2v) is 7.22. The molecule has 1 amide bonds. The summed E-state index contributed by atoms with van der Waals surface area (Å²) in [7, 11) is 2.02. The molecule has 0 aromatic heterocycles. The van der Waals surface area contributed by atoms with Gasteiger partial charge in [0.1, 0.15) is 0 Å². The quantitative estimate of drug-likeness (QED) is 0.814. The van der Waals surface area contributed by atoms with Crippen molar-refractivity contribution in [2.45, 2.75) is 52.0 Å². The van der Waals surface area contributed by atoms with Gasteiger partial charge in [-0.25, -0.2) is 0 Å². The molecule has 4 nitrogen and oxygen atoms in total. The summed E-state index contributed by atoms with van der Waals surface area (Å²) in [6.45, 7) is 8.43. The highest BCUT2D eigenvalue weighted by Crippen LogP contribution is 2.29.